The lowest BCUT2D eigenvalue weighted by Gasteiger charge is -2.11. The fourth-order valence-corrected chi connectivity index (χ4v) is 1.39. The van der Waals surface area contributed by atoms with Crippen LogP contribution in [0.1, 0.15) is 15.9 Å². The van der Waals surface area contributed by atoms with Crippen molar-refractivity contribution in [2.24, 2.45) is 0 Å². The maximum absolute atomic E-state index is 12.8. The molecule has 1 aromatic carbocycles. The topological polar surface area (TPSA) is 17.1 Å². The van der Waals surface area contributed by atoms with E-state index in [1.165, 1.54) is 0 Å². The molecule has 0 spiro atoms. The minimum absolute atomic E-state index is 0.0318. The molecular weight excluding hydrogens is 268 g/mol. The van der Waals surface area contributed by atoms with Crippen LogP contribution in [0.15, 0.2) is 16.6 Å². The first-order valence-electron chi connectivity index (χ1n) is 3.38. The van der Waals surface area contributed by atoms with E-state index in [4.69, 9.17) is 0 Å². The Bertz CT molecular complexity index is 372. The molecular formula is C8H3BrF4O. The van der Waals surface area contributed by atoms with Gasteiger partial charge < -0.3 is 0 Å². The zero-order valence-electron chi connectivity index (χ0n) is 6.53. The van der Waals surface area contributed by atoms with Gasteiger partial charge in [-0.05, 0) is 12.1 Å². The van der Waals surface area contributed by atoms with Gasteiger partial charge in [-0.3, -0.25) is 4.79 Å². The first-order valence-corrected chi connectivity index (χ1v) is 4.17. The van der Waals surface area contributed by atoms with Crippen molar-refractivity contribution in [3.05, 3.63) is 33.5 Å². The Morgan fingerprint density at radius 1 is 1.29 bits per heavy atom. The summed E-state index contributed by atoms with van der Waals surface area (Å²) < 4.78 is 49.5. The third-order valence-electron chi connectivity index (χ3n) is 1.54. The highest BCUT2D eigenvalue weighted by atomic mass is 79.9. The second kappa shape index (κ2) is 3.68. The van der Waals surface area contributed by atoms with E-state index in [9.17, 15) is 22.4 Å². The standard InChI is InChI=1S/C8H3BrF4O/c9-5-1-2-6(10)7(4(5)3-14)8(11,12)13/h1-3H. The molecule has 0 saturated carbocycles. The molecule has 0 N–H and O–H groups in total. The average Bonchev–Trinajstić information content (AvgIpc) is 2.06. The molecule has 76 valence electrons. The molecule has 0 heterocycles. The van der Waals surface area contributed by atoms with Gasteiger partial charge in [0.25, 0.3) is 0 Å². The molecule has 0 radical (unpaired) electrons. The Balaban J connectivity index is 3.53. The molecule has 14 heavy (non-hydrogen) atoms. The van der Waals surface area contributed by atoms with Crippen LogP contribution in [0.5, 0.6) is 0 Å². The highest BCUT2D eigenvalue weighted by Gasteiger charge is 2.37. The van der Waals surface area contributed by atoms with Crippen LogP contribution in [-0.2, 0) is 6.18 Å². The van der Waals surface area contributed by atoms with Crippen molar-refractivity contribution in [2.75, 3.05) is 0 Å². The van der Waals surface area contributed by atoms with Crippen LogP contribution in [0, 0.1) is 5.82 Å². The molecule has 0 bridgehead atoms. The maximum Gasteiger partial charge on any atom is 0.419 e. The van der Waals surface area contributed by atoms with Crippen LogP contribution in [0.2, 0.25) is 0 Å². The second-order valence-corrected chi connectivity index (χ2v) is 3.29. The van der Waals surface area contributed by atoms with Gasteiger partial charge in [-0.1, -0.05) is 15.9 Å². The smallest absolute Gasteiger partial charge is 0.298 e. The summed E-state index contributed by atoms with van der Waals surface area (Å²) in [4.78, 5) is 10.4. The minimum atomic E-state index is -4.87. The van der Waals surface area contributed by atoms with Crippen LogP contribution < -0.4 is 0 Å². The summed E-state index contributed by atoms with van der Waals surface area (Å²) in [7, 11) is 0. The molecule has 0 fully saturated rings. The predicted molar refractivity (Wildman–Crippen MR) is 44.5 cm³/mol. The molecule has 0 amide bonds. The van der Waals surface area contributed by atoms with Crippen molar-refractivity contribution in [3.63, 3.8) is 0 Å². The number of carbonyl (C=O) groups is 1. The van der Waals surface area contributed by atoms with Gasteiger partial charge in [0.2, 0.25) is 0 Å². The summed E-state index contributed by atoms with van der Waals surface area (Å²) in [5, 5.41) is 0. The van der Waals surface area contributed by atoms with Crippen LogP contribution in [0.3, 0.4) is 0 Å². The van der Waals surface area contributed by atoms with Gasteiger partial charge in [0.05, 0.1) is 0 Å². The molecule has 0 aliphatic carbocycles. The normalized spacial score (nSPS) is 11.5. The van der Waals surface area contributed by atoms with E-state index in [0.29, 0.717) is 6.07 Å². The molecule has 1 rings (SSSR count). The molecule has 0 aliphatic rings. The Morgan fingerprint density at radius 3 is 2.21 bits per heavy atom. The van der Waals surface area contributed by atoms with Gasteiger partial charge in [-0.2, -0.15) is 13.2 Å². The SMILES string of the molecule is O=Cc1c(Br)ccc(F)c1C(F)(F)F. The van der Waals surface area contributed by atoms with Crippen molar-refractivity contribution in [1.29, 1.82) is 0 Å². The van der Waals surface area contributed by atoms with Crippen LogP contribution in [0.25, 0.3) is 0 Å². The third kappa shape index (κ3) is 1.95. The number of benzene rings is 1. The molecule has 0 aliphatic heterocycles. The highest BCUT2D eigenvalue weighted by molar-refractivity contribution is 9.10. The van der Waals surface area contributed by atoms with Gasteiger partial charge >= 0.3 is 6.18 Å². The highest BCUT2D eigenvalue weighted by Crippen LogP contribution is 2.36. The van der Waals surface area contributed by atoms with E-state index in [0.717, 1.165) is 6.07 Å². The molecule has 0 atom stereocenters. The Hall–Kier alpha value is -0.910. The van der Waals surface area contributed by atoms with Gasteiger partial charge in [-0.25, -0.2) is 4.39 Å². The van der Waals surface area contributed by atoms with Crippen LogP contribution >= 0.6 is 15.9 Å². The molecule has 6 heteroatoms. The van der Waals surface area contributed by atoms with Crippen molar-refractivity contribution < 1.29 is 22.4 Å². The van der Waals surface area contributed by atoms with E-state index in [2.05, 4.69) is 15.9 Å². The van der Waals surface area contributed by atoms with Crippen LogP contribution in [0.4, 0.5) is 17.6 Å². The number of hydrogen-bond acceptors (Lipinski definition) is 1. The van der Waals surface area contributed by atoms with Crippen molar-refractivity contribution >= 4 is 22.2 Å². The van der Waals surface area contributed by atoms with Gasteiger partial charge in [0.15, 0.2) is 6.29 Å². The zero-order chi connectivity index (χ0) is 10.9. The summed E-state index contributed by atoms with van der Waals surface area (Å²) in [6, 6.07) is 1.70. The van der Waals surface area contributed by atoms with E-state index < -0.39 is 23.1 Å². The van der Waals surface area contributed by atoms with Crippen molar-refractivity contribution in [2.45, 2.75) is 6.18 Å². The number of alkyl halides is 3. The first kappa shape index (κ1) is 11.2. The van der Waals surface area contributed by atoms with Gasteiger partial charge in [-0.15, -0.1) is 0 Å². The average molecular weight is 271 g/mol. The quantitative estimate of drug-likeness (QED) is 0.565. The zero-order valence-corrected chi connectivity index (χ0v) is 8.12. The summed E-state index contributed by atoms with van der Waals surface area (Å²) in [5.74, 6) is -1.46. The lowest BCUT2D eigenvalue weighted by atomic mass is 10.1. The van der Waals surface area contributed by atoms with Crippen molar-refractivity contribution in [1.82, 2.24) is 0 Å². The minimum Gasteiger partial charge on any atom is -0.298 e. The number of hydrogen-bond donors (Lipinski definition) is 0. The fraction of sp³-hybridized carbons (Fsp3) is 0.125. The molecule has 0 saturated heterocycles. The van der Waals surface area contributed by atoms with Gasteiger partial charge in [0.1, 0.15) is 11.4 Å². The summed E-state index contributed by atoms with van der Waals surface area (Å²) in [5.41, 5.74) is -2.26. The van der Waals surface area contributed by atoms with Gasteiger partial charge in [0, 0.05) is 10.0 Å². The predicted octanol–water partition coefficient (Wildman–Crippen LogP) is 3.42. The summed E-state index contributed by atoms with van der Waals surface area (Å²) in [6.45, 7) is 0. The maximum atomic E-state index is 12.8. The fourth-order valence-electron chi connectivity index (χ4n) is 0.971. The number of rotatable bonds is 1. The van der Waals surface area contributed by atoms with E-state index in [1.54, 1.807) is 0 Å². The molecule has 1 aromatic rings. The Morgan fingerprint density at radius 2 is 1.86 bits per heavy atom. The lowest BCUT2D eigenvalue weighted by Crippen LogP contribution is -2.12. The number of carbonyl (C=O) groups excluding carboxylic acids is 1. The lowest BCUT2D eigenvalue weighted by molar-refractivity contribution is -0.140. The van der Waals surface area contributed by atoms with E-state index in [1.807, 2.05) is 0 Å². The Kier molecular flexibility index (Phi) is 2.94. The first-order chi connectivity index (χ1) is 6.38. The third-order valence-corrected chi connectivity index (χ3v) is 2.23. The van der Waals surface area contributed by atoms with Crippen molar-refractivity contribution in [3.8, 4) is 0 Å². The largest absolute Gasteiger partial charge is 0.419 e. The Labute approximate surface area is 84.9 Å². The molecule has 0 aromatic heterocycles. The summed E-state index contributed by atoms with van der Waals surface area (Å²) >= 11 is 2.74. The van der Waals surface area contributed by atoms with E-state index >= 15 is 0 Å². The number of aldehydes is 1. The summed E-state index contributed by atoms with van der Waals surface area (Å²) in [6.07, 6.45) is -4.90. The van der Waals surface area contributed by atoms with Crippen LogP contribution in [-0.4, -0.2) is 6.29 Å². The van der Waals surface area contributed by atoms with E-state index in [-0.39, 0.29) is 10.8 Å². The molecule has 1 nitrogen and oxygen atoms in total. The second-order valence-electron chi connectivity index (χ2n) is 2.43. The molecule has 0 unspecified atom stereocenters. The number of halogens is 5. The monoisotopic (exact) mass is 270 g/mol.